The molecule has 0 saturated heterocycles. The zero-order chi connectivity index (χ0) is 27.9. The molecule has 3 aromatic rings. The summed E-state index contributed by atoms with van der Waals surface area (Å²) in [7, 11) is -4.23. The highest BCUT2D eigenvalue weighted by molar-refractivity contribution is 7.92. The molecule has 1 N–H and O–H groups in total. The summed E-state index contributed by atoms with van der Waals surface area (Å²) in [5, 5.41) is 2.92. The van der Waals surface area contributed by atoms with Gasteiger partial charge in [0.2, 0.25) is 11.8 Å². The average molecular weight is 560 g/mol. The summed E-state index contributed by atoms with van der Waals surface area (Å²) >= 11 is 6.37. The fourth-order valence-corrected chi connectivity index (χ4v) is 5.47. The number of sulfonamides is 1. The van der Waals surface area contributed by atoms with Gasteiger partial charge in [0, 0.05) is 18.7 Å². The molecule has 1 atom stereocenters. The molecule has 10 heteroatoms. The first-order chi connectivity index (χ1) is 18.0. The number of amides is 2. The van der Waals surface area contributed by atoms with Gasteiger partial charge in [0.15, 0.2) is 0 Å². The molecule has 0 fully saturated rings. The van der Waals surface area contributed by atoms with E-state index in [4.69, 9.17) is 11.6 Å². The van der Waals surface area contributed by atoms with Crippen molar-refractivity contribution in [2.45, 2.75) is 38.3 Å². The van der Waals surface area contributed by atoms with E-state index in [0.29, 0.717) is 6.54 Å². The van der Waals surface area contributed by atoms with Crippen molar-refractivity contribution in [3.63, 3.8) is 0 Å². The molecular formula is C28H31ClFN3O4S. The minimum Gasteiger partial charge on any atom is -0.354 e. The summed E-state index contributed by atoms with van der Waals surface area (Å²) < 4.78 is 42.9. The number of halogens is 2. The van der Waals surface area contributed by atoms with Gasteiger partial charge in [0.05, 0.1) is 15.6 Å². The summed E-state index contributed by atoms with van der Waals surface area (Å²) in [4.78, 5) is 27.9. The molecule has 0 radical (unpaired) electrons. The van der Waals surface area contributed by atoms with Crippen molar-refractivity contribution >= 4 is 39.1 Å². The predicted octanol–water partition coefficient (Wildman–Crippen LogP) is 4.86. The fourth-order valence-electron chi connectivity index (χ4n) is 3.73. The lowest BCUT2D eigenvalue weighted by Crippen LogP contribution is -2.51. The van der Waals surface area contributed by atoms with Crippen LogP contribution in [-0.4, -0.2) is 44.3 Å². The Morgan fingerprint density at radius 3 is 2.16 bits per heavy atom. The molecule has 2 amide bonds. The van der Waals surface area contributed by atoms with Crippen LogP contribution >= 0.6 is 11.6 Å². The van der Waals surface area contributed by atoms with Crippen LogP contribution in [-0.2, 0) is 26.2 Å². The van der Waals surface area contributed by atoms with Crippen LogP contribution in [0.25, 0.3) is 0 Å². The van der Waals surface area contributed by atoms with Crippen LogP contribution in [0.1, 0.15) is 26.3 Å². The van der Waals surface area contributed by atoms with Crippen molar-refractivity contribution in [3.05, 3.63) is 95.3 Å². The van der Waals surface area contributed by atoms with E-state index in [1.54, 1.807) is 36.4 Å². The first-order valence-electron chi connectivity index (χ1n) is 12.1. The Kier molecular flexibility index (Phi) is 9.88. The van der Waals surface area contributed by atoms with Gasteiger partial charge in [-0.05, 0) is 43.2 Å². The molecule has 0 aliphatic rings. The lowest BCUT2D eigenvalue weighted by atomic mass is 10.1. The monoisotopic (exact) mass is 559 g/mol. The predicted molar refractivity (Wildman–Crippen MR) is 147 cm³/mol. The average Bonchev–Trinajstić information content (AvgIpc) is 2.90. The van der Waals surface area contributed by atoms with Gasteiger partial charge in [-0.15, -0.1) is 0 Å². The molecule has 3 rings (SSSR count). The third kappa shape index (κ3) is 7.11. The lowest BCUT2D eigenvalue weighted by Gasteiger charge is -2.32. The molecule has 0 saturated carbocycles. The van der Waals surface area contributed by atoms with Crippen LogP contribution in [0.5, 0.6) is 0 Å². The molecule has 0 spiro atoms. The number of carbonyl (C=O) groups excluding carboxylic acids is 2. The largest absolute Gasteiger partial charge is 0.354 e. The van der Waals surface area contributed by atoms with Gasteiger partial charge < -0.3 is 10.2 Å². The molecule has 0 aromatic heterocycles. The Labute approximate surface area is 228 Å². The van der Waals surface area contributed by atoms with E-state index in [-0.39, 0.29) is 33.6 Å². The van der Waals surface area contributed by atoms with Gasteiger partial charge in [-0.25, -0.2) is 12.8 Å². The van der Waals surface area contributed by atoms with E-state index in [1.807, 2.05) is 13.8 Å². The Morgan fingerprint density at radius 2 is 1.53 bits per heavy atom. The number of rotatable bonds is 11. The maximum Gasteiger partial charge on any atom is 0.264 e. The minimum absolute atomic E-state index is 0.0314. The summed E-state index contributed by atoms with van der Waals surface area (Å²) in [5.74, 6) is -1.49. The maximum absolute atomic E-state index is 14.6. The van der Waals surface area contributed by atoms with Gasteiger partial charge in [-0.2, -0.15) is 0 Å². The van der Waals surface area contributed by atoms with Crippen LogP contribution in [0.2, 0.25) is 5.02 Å². The number of hydrogen-bond acceptors (Lipinski definition) is 4. The van der Waals surface area contributed by atoms with Crippen molar-refractivity contribution in [1.82, 2.24) is 10.2 Å². The third-order valence-corrected chi connectivity index (χ3v) is 7.98. The van der Waals surface area contributed by atoms with Crippen LogP contribution < -0.4 is 9.62 Å². The Bertz CT molecular complexity index is 1370. The molecule has 38 heavy (non-hydrogen) atoms. The molecule has 0 aliphatic heterocycles. The maximum atomic E-state index is 14.6. The molecule has 202 valence electrons. The van der Waals surface area contributed by atoms with Crippen LogP contribution in [0.3, 0.4) is 0 Å². The third-order valence-electron chi connectivity index (χ3n) is 5.88. The highest BCUT2D eigenvalue weighted by Crippen LogP contribution is 2.30. The summed E-state index contributed by atoms with van der Waals surface area (Å²) in [6.45, 7) is 4.89. The summed E-state index contributed by atoms with van der Waals surface area (Å²) in [6.07, 6.45) is 0. The number of nitrogens with one attached hydrogen (secondary N) is 1. The van der Waals surface area contributed by atoms with E-state index < -0.39 is 40.2 Å². The van der Waals surface area contributed by atoms with Crippen molar-refractivity contribution in [3.8, 4) is 0 Å². The van der Waals surface area contributed by atoms with E-state index in [2.05, 4.69) is 5.32 Å². The number of nitrogens with zero attached hydrogens (tertiary/aromatic N) is 2. The van der Waals surface area contributed by atoms with Gasteiger partial charge in [0.1, 0.15) is 18.4 Å². The van der Waals surface area contributed by atoms with Gasteiger partial charge >= 0.3 is 0 Å². The highest BCUT2D eigenvalue weighted by Gasteiger charge is 2.33. The summed E-state index contributed by atoms with van der Waals surface area (Å²) in [6, 6.07) is 18.9. The van der Waals surface area contributed by atoms with Gasteiger partial charge in [-0.3, -0.25) is 13.9 Å². The summed E-state index contributed by atoms with van der Waals surface area (Å²) in [5.41, 5.74) is 0.300. The highest BCUT2D eigenvalue weighted by atomic mass is 35.5. The molecular weight excluding hydrogens is 529 g/mol. The van der Waals surface area contributed by atoms with Crippen molar-refractivity contribution < 1.29 is 22.4 Å². The van der Waals surface area contributed by atoms with Crippen molar-refractivity contribution in [2.24, 2.45) is 5.92 Å². The SMILES string of the molecule is CC(C)CNC(=O)[C@H](C)N(Cc1ccccc1F)C(=O)CN(c1ccccc1Cl)S(=O)(=O)c1ccccc1. The lowest BCUT2D eigenvalue weighted by molar-refractivity contribution is -0.139. The second-order valence-electron chi connectivity index (χ2n) is 9.20. The zero-order valence-corrected chi connectivity index (χ0v) is 23.0. The number of carbonyl (C=O) groups is 2. The molecule has 3 aromatic carbocycles. The quantitative estimate of drug-likeness (QED) is 0.363. The molecule has 7 nitrogen and oxygen atoms in total. The first-order valence-corrected chi connectivity index (χ1v) is 14.0. The number of anilines is 1. The van der Waals surface area contributed by atoms with Gasteiger partial charge in [-0.1, -0.05) is 74.0 Å². The van der Waals surface area contributed by atoms with Crippen LogP contribution in [0, 0.1) is 11.7 Å². The molecule has 0 aliphatic carbocycles. The molecule has 0 bridgehead atoms. The van der Waals surface area contributed by atoms with Gasteiger partial charge in [0.25, 0.3) is 10.0 Å². The second kappa shape index (κ2) is 12.9. The van der Waals surface area contributed by atoms with E-state index in [1.165, 1.54) is 54.3 Å². The molecule has 0 heterocycles. The normalized spacial score (nSPS) is 12.2. The Balaban J connectivity index is 2.02. The first kappa shape index (κ1) is 29.1. The van der Waals surface area contributed by atoms with E-state index in [0.717, 1.165) is 4.31 Å². The standard InChI is InChI=1S/C28H31ClFN3O4S/c1-20(2)17-31-28(35)21(3)32(18-22-11-7-9-15-25(22)30)27(34)19-33(26-16-10-8-14-24(26)29)38(36,37)23-12-5-4-6-13-23/h4-16,20-21H,17-19H2,1-3H3,(H,31,35)/t21-/m0/s1. The topological polar surface area (TPSA) is 86.8 Å². The Morgan fingerprint density at radius 1 is 0.921 bits per heavy atom. The number of benzene rings is 3. The van der Waals surface area contributed by atoms with Crippen molar-refractivity contribution in [2.75, 3.05) is 17.4 Å². The zero-order valence-electron chi connectivity index (χ0n) is 21.5. The number of hydrogen-bond donors (Lipinski definition) is 1. The van der Waals surface area contributed by atoms with E-state index >= 15 is 0 Å². The van der Waals surface area contributed by atoms with Crippen molar-refractivity contribution in [1.29, 1.82) is 0 Å². The molecule has 0 unspecified atom stereocenters. The van der Waals surface area contributed by atoms with E-state index in [9.17, 15) is 22.4 Å². The minimum atomic E-state index is -4.23. The Hall–Kier alpha value is -3.43. The van der Waals surface area contributed by atoms with Crippen LogP contribution in [0.4, 0.5) is 10.1 Å². The number of para-hydroxylation sites is 1. The second-order valence-corrected chi connectivity index (χ2v) is 11.5. The fraction of sp³-hybridized carbons (Fsp3) is 0.286. The smallest absolute Gasteiger partial charge is 0.264 e. The van der Waals surface area contributed by atoms with Crippen LogP contribution in [0.15, 0.2) is 83.8 Å².